The third kappa shape index (κ3) is 4.53. The number of aromatic nitrogens is 1. The number of anilines is 1. The van der Waals surface area contributed by atoms with E-state index in [0.717, 1.165) is 22.5 Å². The fraction of sp³-hybridized carbons (Fsp3) is 0.312. The molecule has 1 heterocycles. The Balaban J connectivity index is 1.95. The van der Waals surface area contributed by atoms with Crippen LogP contribution in [0.4, 0.5) is 5.13 Å². The number of hydrogen-bond donors (Lipinski definition) is 2. The van der Waals surface area contributed by atoms with E-state index in [0.29, 0.717) is 21.5 Å². The van der Waals surface area contributed by atoms with Crippen LogP contribution in [-0.4, -0.2) is 28.6 Å². The zero-order valence-corrected chi connectivity index (χ0v) is 14.0. The Morgan fingerprint density at radius 3 is 2.74 bits per heavy atom. The molecule has 0 aliphatic carbocycles. The van der Waals surface area contributed by atoms with Gasteiger partial charge in [-0.05, 0) is 38.0 Å². The highest BCUT2D eigenvalue weighted by molar-refractivity contribution is 7.16. The second-order valence-electron chi connectivity index (χ2n) is 5.13. The van der Waals surface area contributed by atoms with Crippen molar-refractivity contribution in [2.45, 2.75) is 27.2 Å². The van der Waals surface area contributed by atoms with Crippen molar-refractivity contribution in [3.05, 3.63) is 39.9 Å². The maximum atomic E-state index is 11.9. The molecule has 2 rings (SSSR count). The van der Waals surface area contributed by atoms with Gasteiger partial charge in [0, 0.05) is 4.88 Å². The zero-order valence-electron chi connectivity index (χ0n) is 13.2. The topological polar surface area (TPSA) is 88.5 Å². The minimum absolute atomic E-state index is 0.0989. The summed E-state index contributed by atoms with van der Waals surface area (Å²) in [5.74, 6) is -0.587. The molecule has 0 fully saturated rings. The third-order valence-corrected chi connectivity index (χ3v) is 4.44. The molecule has 0 aliphatic rings. The largest absolute Gasteiger partial charge is 0.483 e. The Morgan fingerprint density at radius 1 is 1.30 bits per heavy atom. The van der Waals surface area contributed by atoms with Crippen LogP contribution in [0.15, 0.2) is 18.2 Å². The summed E-state index contributed by atoms with van der Waals surface area (Å²) in [5, 5.41) is 11.8. The van der Waals surface area contributed by atoms with Crippen molar-refractivity contribution in [2.75, 3.05) is 11.9 Å². The molecule has 0 unspecified atom stereocenters. The number of carbonyl (C=O) groups is 2. The molecule has 0 radical (unpaired) electrons. The first-order valence-corrected chi connectivity index (χ1v) is 7.85. The van der Waals surface area contributed by atoms with Crippen molar-refractivity contribution in [2.24, 2.45) is 0 Å². The van der Waals surface area contributed by atoms with Crippen molar-refractivity contribution in [3.63, 3.8) is 0 Å². The first kappa shape index (κ1) is 17.0. The summed E-state index contributed by atoms with van der Waals surface area (Å²) in [6.07, 6.45) is -0.0989. The van der Waals surface area contributed by atoms with Gasteiger partial charge in [0.05, 0.1) is 12.1 Å². The number of nitrogens with zero attached hydrogens (tertiary/aromatic N) is 1. The van der Waals surface area contributed by atoms with E-state index in [-0.39, 0.29) is 18.9 Å². The molecule has 0 spiro atoms. The minimum Gasteiger partial charge on any atom is -0.483 e. The summed E-state index contributed by atoms with van der Waals surface area (Å²) in [5.41, 5.74) is 2.70. The number of ether oxygens (including phenoxy) is 1. The predicted molar refractivity (Wildman–Crippen MR) is 88.2 cm³/mol. The first-order valence-electron chi connectivity index (χ1n) is 7.03. The lowest BCUT2D eigenvalue weighted by molar-refractivity contribution is -0.136. The highest BCUT2D eigenvalue weighted by atomic mass is 32.1. The van der Waals surface area contributed by atoms with Gasteiger partial charge in [0.1, 0.15) is 5.75 Å². The quantitative estimate of drug-likeness (QED) is 0.848. The second kappa shape index (κ2) is 7.23. The van der Waals surface area contributed by atoms with Gasteiger partial charge in [0.15, 0.2) is 11.7 Å². The summed E-state index contributed by atoms with van der Waals surface area (Å²) in [6, 6.07) is 5.66. The van der Waals surface area contributed by atoms with E-state index in [2.05, 4.69) is 10.3 Å². The molecule has 122 valence electrons. The Labute approximate surface area is 138 Å². The number of benzene rings is 1. The maximum absolute atomic E-state index is 11.9. The number of aryl methyl sites for hydroxylation is 2. The van der Waals surface area contributed by atoms with Crippen LogP contribution in [0.1, 0.15) is 21.7 Å². The smallest absolute Gasteiger partial charge is 0.308 e. The average Bonchev–Trinajstić information content (AvgIpc) is 2.79. The number of rotatable bonds is 6. The van der Waals surface area contributed by atoms with E-state index in [9.17, 15) is 9.59 Å². The predicted octanol–water partition coefficient (Wildman–Crippen LogP) is 2.71. The molecule has 0 atom stereocenters. The summed E-state index contributed by atoms with van der Waals surface area (Å²) < 4.78 is 5.52. The molecule has 6 nitrogen and oxygen atoms in total. The Hall–Kier alpha value is -2.41. The monoisotopic (exact) mass is 334 g/mol. The Morgan fingerprint density at radius 2 is 2.04 bits per heavy atom. The van der Waals surface area contributed by atoms with Gasteiger partial charge in [-0.2, -0.15) is 0 Å². The third-order valence-electron chi connectivity index (χ3n) is 3.36. The van der Waals surface area contributed by atoms with E-state index in [1.165, 1.54) is 0 Å². The maximum Gasteiger partial charge on any atom is 0.308 e. The van der Waals surface area contributed by atoms with Crippen LogP contribution in [0.3, 0.4) is 0 Å². The van der Waals surface area contributed by atoms with Gasteiger partial charge in [-0.25, -0.2) is 4.98 Å². The normalized spacial score (nSPS) is 10.4. The first-order chi connectivity index (χ1) is 10.9. The van der Waals surface area contributed by atoms with Crippen molar-refractivity contribution in [1.29, 1.82) is 0 Å². The lowest BCUT2D eigenvalue weighted by Crippen LogP contribution is -2.20. The van der Waals surface area contributed by atoms with Gasteiger partial charge < -0.3 is 9.84 Å². The molecule has 2 N–H and O–H groups in total. The lowest BCUT2D eigenvalue weighted by Gasteiger charge is -2.10. The summed E-state index contributed by atoms with van der Waals surface area (Å²) in [4.78, 5) is 27.5. The molecular weight excluding hydrogens is 316 g/mol. The fourth-order valence-corrected chi connectivity index (χ4v) is 2.93. The number of hydrogen-bond acceptors (Lipinski definition) is 5. The summed E-state index contributed by atoms with van der Waals surface area (Å²) in [7, 11) is 0. The molecule has 1 aromatic carbocycles. The standard InChI is InChI=1S/C16H18N2O4S/c1-9-5-4-6-12(10(9)2)22-8-14(19)18-16-17-11(3)13(23-16)7-15(20)21/h4-6H,7-8H2,1-3H3,(H,20,21)(H,17,18,19). The molecule has 0 bridgehead atoms. The average molecular weight is 334 g/mol. The van der Waals surface area contributed by atoms with Crippen LogP contribution >= 0.6 is 11.3 Å². The van der Waals surface area contributed by atoms with E-state index in [4.69, 9.17) is 9.84 Å². The molecule has 0 saturated carbocycles. The van der Waals surface area contributed by atoms with Gasteiger partial charge in [0.25, 0.3) is 5.91 Å². The Kier molecular flexibility index (Phi) is 5.33. The molecule has 23 heavy (non-hydrogen) atoms. The molecule has 2 aromatic rings. The van der Waals surface area contributed by atoms with Gasteiger partial charge in [-0.1, -0.05) is 12.1 Å². The van der Waals surface area contributed by atoms with E-state index >= 15 is 0 Å². The van der Waals surface area contributed by atoms with Crippen LogP contribution in [-0.2, 0) is 16.0 Å². The van der Waals surface area contributed by atoms with Gasteiger partial charge in [-0.3, -0.25) is 14.9 Å². The highest BCUT2D eigenvalue weighted by Crippen LogP contribution is 2.23. The van der Waals surface area contributed by atoms with Crippen LogP contribution in [0.25, 0.3) is 0 Å². The van der Waals surface area contributed by atoms with Crippen molar-refractivity contribution in [1.82, 2.24) is 4.98 Å². The SMILES string of the molecule is Cc1cccc(OCC(=O)Nc2nc(C)c(CC(=O)O)s2)c1C. The molecular formula is C16H18N2O4S. The highest BCUT2D eigenvalue weighted by Gasteiger charge is 2.13. The van der Waals surface area contributed by atoms with Crippen LogP contribution < -0.4 is 10.1 Å². The molecule has 7 heteroatoms. The number of carbonyl (C=O) groups excluding carboxylic acids is 1. The van der Waals surface area contributed by atoms with E-state index < -0.39 is 5.97 Å². The van der Waals surface area contributed by atoms with Crippen molar-refractivity contribution < 1.29 is 19.4 Å². The molecule has 1 aromatic heterocycles. The number of thiazole rings is 1. The lowest BCUT2D eigenvalue weighted by atomic mass is 10.1. The number of amides is 1. The van der Waals surface area contributed by atoms with Crippen molar-refractivity contribution in [3.8, 4) is 5.75 Å². The van der Waals surface area contributed by atoms with E-state index in [1.807, 2.05) is 32.0 Å². The van der Waals surface area contributed by atoms with Crippen LogP contribution in [0, 0.1) is 20.8 Å². The minimum atomic E-state index is -0.923. The fourth-order valence-electron chi connectivity index (χ4n) is 1.96. The Bertz CT molecular complexity index is 740. The zero-order chi connectivity index (χ0) is 17.0. The van der Waals surface area contributed by atoms with Gasteiger partial charge in [-0.15, -0.1) is 11.3 Å². The molecule has 0 aliphatic heterocycles. The van der Waals surface area contributed by atoms with Gasteiger partial charge in [0.2, 0.25) is 0 Å². The summed E-state index contributed by atoms with van der Waals surface area (Å²) >= 11 is 1.16. The van der Waals surface area contributed by atoms with Crippen molar-refractivity contribution >= 4 is 28.3 Å². The van der Waals surface area contributed by atoms with Crippen LogP contribution in [0.5, 0.6) is 5.75 Å². The second-order valence-corrected chi connectivity index (χ2v) is 6.22. The number of aliphatic carboxylic acids is 1. The number of carboxylic acids is 1. The van der Waals surface area contributed by atoms with Gasteiger partial charge >= 0.3 is 5.97 Å². The number of nitrogens with one attached hydrogen (secondary N) is 1. The molecule has 0 saturated heterocycles. The molecule has 1 amide bonds. The van der Waals surface area contributed by atoms with E-state index in [1.54, 1.807) is 6.92 Å². The van der Waals surface area contributed by atoms with Crippen LogP contribution in [0.2, 0.25) is 0 Å². The number of carboxylic acid groups (broad SMARTS) is 1. The summed E-state index contributed by atoms with van der Waals surface area (Å²) in [6.45, 7) is 5.50.